The number of carbonyl (C=O) groups is 2. The van der Waals surface area contributed by atoms with E-state index < -0.39 is 36.7 Å². The van der Waals surface area contributed by atoms with Gasteiger partial charge in [-0.2, -0.15) is 0 Å². The molecule has 3 aliphatic carbocycles. The lowest BCUT2D eigenvalue weighted by molar-refractivity contribution is -0.271. The first-order valence-corrected chi connectivity index (χ1v) is 11.2. The quantitative estimate of drug-likeness (QED) is 0.513. The summed E-state index contributed by atoms with van der Waals surface area (Å²) < 4.78 is 10.9. The number of aliphatic hydroxyl groups excluding tert-OH is 3. The molecule has 2 saturated carbocycles. The zero-order chi connectivity index (χ0) is 22.8. The van der Waals surface area contributed by atoms with Crippen molar-refractivity contribution in [2.24, 2.45) is 11.3 Å². The van der Waals surface area contributed by atoms with Crippen molar-refractivity contribution in [2.75, 3.05) is 0 Å². The second-order valence-electron chi connectivity index (χ2n) is 9.64. The molecule has 0 bridgehead atoms. The highest BCUT2D eigenvalue weighted by Crippen LogP contribution is 2.58. The molecule has 1 aliphatic heterocycles. The van der Waals surface area contributed by atoms with Gasteiger partial charge < -0.3 is 29.9 Å². The van der Waals surface area contributed by atoms with E-state index in [1.54, 1.807) is 6.07 Å². The minimum absolute atomic E-state index is 0.233. The van der Waals surface area contributed by atoms with Crippen LogP contribution in [0.2, 0.25) is 0 Å². The number of carboxylic acid groups (broad SMARTS) is 1. The van der Waals surface area contributed by atoms with Crippen LogP contribution in [0, 0.1) is 11.3 Å². The van der Waals surface area contributed by atoms with Gasteiger partial charge in [-0.05, 0) is 54.9 Å². The smallest absolute Gasteiger partial charge is 0.335 e. The SMILES string of the molecule is CC12CCC3C(=CCc4cc(OC5OC(C(=O)O)C(O)C(O)C5O)ccc43)C1CCC2=O. The fourth-order valence-corrected chi connectivity index (χ4v) is 6.08. The molecule has 8 unspecified atom stereocenters. The van der Waals surface area contributed by atoms with E-state index in [1.807, 2.05) is 12.1 Å². The van der Waals surface area contributed by atoms with Gasteiger partial charge in [-0.25, -0.2) is 4.79 Å². The Balaban J connectivity index is 1.36. The molecule has 1 aromatic rings. The third kappa shape index (κ3) is 3.20. The van der Waals surface area contributed by atoms with Crippen LogP contribution in [0.3, 0.4) is 0 Å². The molecule has 8 nitrogen and oxygen atoms in total. The van der Waals surface area contributed by atoms with E-state index in [1.165, 1.54) is 11.1 Å². The van der Waals surface area contributed by atoms with Crippen molar-refractivity contribution in [2.45, 2.75) is 75.7 Å². The van der Waals surface area contributed by atoms with Gasteiger partial charge in [0.05, 0.1) is 0 Å². The van der Waals surface area contributed by atoms with Crippen LogP contribution in [0.25, 0.3) is 0 Å². The van der Waals surface area contributed by atoms with Gasteiger partial charge in [0.2, 0.25) is 6.29 Å². The Bertz CT molecular complexity index is 986. The number of benzene rings is 1. The van der Waals surface area contributed by atoms with Crippen LogP contribution in [0.5, 0.6) is 5.75 Å². The monoisotopic (exact) mass is 444 g/mol. The van der Waals surface area contributed by atoms with Crippen LogP contribution in [-0.2, 0) is 20.7 Å². The molecule has 3 fully saturated rings. The minimum atomic E-state index is -1.76. The molecule has 8 heteroatoms. The standard InChI is InChI=1S/C24H28O8/c1-24-9-8-14-13-5-3-12(10-11(13)2-4-15(14)16(24)6-7-17(24)25)31-23-20(28)18(26)19(27)21(32-23)22(29)30/h3-5,10,14,16,18-21,23,26-28H,2,6-9H2,1H3,(H,29,30). The second kappa shape index (κ2) is 7.66. The molecule has 1 heterocycles. The topological polar surface area (TPSA) is 134 Å². The average Bonchev–Trinajstić information content (AvgIpc) is 3.08. The second-order valence-corrected chi connectivity index (χ2v) is 9.64. The Morgan fingerprint density at radius 3 is 2.69 bits per heavy atom. The molecular formula is C24H28O8. The van der Waals surface area contributed by atoms with Crippen molar-refractivity contribution in [1.29, 1.82) is 0 Å². The first kappa shape index (κ1) is 21.6. The third-order valence-corrected chi connectivity index (χ3v) is 7.94. The maximum atomic E-state index is 12.5. The molecule has 5 rings (SSSR count). The maximum Gasteiger partial charge on any atom is 0.335 e. The highest BCUT2D eigenvalue weighted by atomic mass is 16.7. The predicted octanol–water partition coefficient (Wildman–Crippen LogP) is 1.30. The van der Waals surface area contributed by atoms with Crippen molar-refractivity contribution in [3.8, 4) is 5.75 Å². The number of hydrogen-bond donors (Lipinski definition) is 4. The number of rotatable bonds is 3. The summed E-state index contributed by atoms with van der Waals surface area (Å²) in [6.07, 6.45) is -1.86. The molecule has 8 atom stereocenters. The van der Waals surface area contributed by atoms with Crippen LogP contribution in [0.4, 0.5) is 0 Å². The first-order valence-electron chi connectivity index (χ1n) is 11.2. The lowest BCUT2D eigenvalue weighted by atomic mass is 9.60. The Morgan fingerprint density at radius 2 is 1.94 bits per heavy atom. The Hall–Kier alpha value is -2.26. The van der Waals surface area contributed by atoms with Crippen molar-refractivity contribution >= 4 is 11.8 Å². The van der Waals surface area contributed by atoms with Gasteiger partial charge in [-0.1, -0.05) is 24.6 Å². The van der Waals surface area contributed by atoms with E-state index in [9.17, 15) is 30.0 Å². The summed E-state index contributed by atoms with van der Waals surface area (Å²) in [7, 11) is 0. The van der Waals surface area contributed by atoms with E-state index in [4.69, 9.17) is 9.47 Å². The first-order chi connectivity index (χ1) is 15.2. The number of aliphatic carboxylic acids is 1. The van der Waals surface area contributed by atoms with E-state index in [-0.39, 0.29) is 11.3 Å². The van der Waals surface area contributed by atoms with Crippen LogP contribution < -0.4 is 4.74 Å². The minimum Gasteiger partial charge on any atom is -0.479 e. The number of hydrogen-bond acceptors (Lipinski definition) is 7. The van der Waals surface area contributed by atoms with Crippen LogP contribution in [-0.4, -0.2) is 62.9 Å². The van der Waals surface area contributed by atoms with Gasteiger partial charge in [0.15, 0.2) is 6.10 Å². The Kier molecular flexibility index (Phi) is 5.16. The van der Waals surface area contributed by atoms with Crippen molar-refractivity contribution in [3.05, 3.63) is 41.0 Å². The molecule has 4 aliphatic rings. The molecule has 1 saturated heterocycles. The highest BCUT2D eigenvalue weighted by Gasteiger charge is 2.52. The summed E-state index contributed by atoms with van der Waals surface area (Å²) >= 11 is 0. The van der Waals surface area contributed by atoms with E-state index in [0.717, 1.165) is 24.8 Å². The van der Waals surface area contributed by atoms with E-state index in [0.29, 0.717) is 30.3 Å². The number of ether oxygens (including phenoxy) is 2. The van der Waals surface area contributed by atoms with Crippen molar-refractivity contribution in [1.82, 2.24) is 0 Å². The molecular weight excluding hydrogens is 416 g/mol. The van der Waals surface area contributed by atoms with Crippen LogP contribution >= 0.6 is 0 Å². The third-order valence-electron chi connectivity index (χ3n) is 7.94. The Labute approximate surface area is 185 Å². The largest absolute Gasteiger partial charge is 0.479 e. The normalized spacial score (nSPS) is 40.7. The molecule has 172 valence electrons. The number of Topliss-reactive ketones (excluding diaryl/α,β-unsaturated/α-hetero) is 1. The van der Waals surface area contributed by atoms with Gasteiger partial charge in [0, 0.05) is 17.8 Å². The number of carbonyl (C=O) groups excluding carboxylic acids is 1. The summed E-state index contributed by atoms with van der Waals surface area (Å²) in [4.78, 5) is 23.8. The molecule has 32 heavy (non-hydrogen) atoms. The maximum absolute atomic E-state index is 12.5. The highest BCUT2D eigenvalue weighted by molar-refractivity contribution is 5.88. The Morgan fingerprint density at radius 1 is 1.16 bits per heavy atom. The summed E-state index contributed by atoms with van der Waals surface area (Å²) in [5.41, 5.74) is 3.42. The van der Waals surface area contributed by atoms with Gasteiger partial charge >= 0.3 is 5.97 Å². The number of carboxylic acids is 1. The molecule has 0 amide bonds. The molecule has 0 radical (unpaired) electrons. The van der Waals surface area contributed by atoms with Gasteiger partial charge in [-0.15, -0.1) is 0 Å². The number of fused-ring (bicyclic) bond motifs is 5. The average molecular weight is 444 g/mol. The van der Waals surface area contributed by atoms with E-state index >= 15 is 0 Å². The fraction of sp³-hybridized carbons (Fsp3) is 0.583. The van der Waals surface area contributed by atoms with E-state index in [2.05, 4.69) is 13.0 Å². The summed E-state index contributed by atoms with van der Waals surface area (Å²) in [6.45, 7) is 2.11. The summed E-state index contributed by atoms with van der Waals surface area (Å²) in [5.74, 6) is -0.0931. The number of allylic oxidation sites excluding steroid dienone is 2. The van der Waals surface area contributed by atoms with Crippen LogP contribution in [0.15, 0.2) is 29.8 Å². The van der Waals surface area contributed by atoms with Crippen molar-refractivity contribution in [3.63, 3.8) is 0 Å². The summed E-state index contributed by atoms with van der Waals surface area (Å²) in [6, 6.07) is 5.58. The van der Waals surface area contributed by atoms with Gasteiger partial charge in [0.25, 0.3) is 0 Å². The lowest BCUT2D eigenvalue weighted by Crippen LogP contribution is -2.61. The summed E-state index contributed by atoms with van der Waals surface area (Å²) in [5, 5.41) is 39.2. The van der Waals surface area contributed by atoms with Gasteiger partial charge in [0.1, 0.15) is 29.8 Å². The zero-order valence-electron chi connectivity index (χ0n) is 17.8. The lowest BCUT2D eigenvalue weighted by Gasteiger charge is -2.43. The number of ketones is 1. The fourth-order valence-electron chi connectivity index (χ4n) is 6.08. The van der Waals surface area contributed by atoms with Crippen LogP contribution in [0.1, 0.15) is 49.7 Å². The molecule has 1 aromatic carbocycles. The zero-order valence-corrected chi connectivity index (χ0v) is 17.8. The molecule has 0 spiro atoms. The van der Waals surface area contributed by atoms with Gasteiger partial charge in [-0.3, -0.25) is 4.79 Å². The molecule has 4 N–H and O–H groups in total. The van der Waals surface area contributed by atoms with Crippen molar-refractivity contribution < 1.29 is 39.5 Å². The number of aliphatic hydroxyl groups is 3. The predicted molar refractivity (Wildman–Crippen MR) is 111 cm³/mol. The molecule has 0 aromatic heterocycles.